The summed E-state index contributed by atoms with van der Waals surface area (Å²) in [5, 5.41) is 8.34. The molecular weight excluding hydrogens is 408 g/mol. The van der Waals surface area contributed by atoms with Crippen molar-refractivity contribution >= 4 is 49.1 Å². The summed E-state index contributed by atoms with van der Waals surface area (Å²) in [5.74, 6) is 1.89. The van der Waals surface area contributed by atoms with Gasteiger partial charge in [-0.25, -0.2) is 0 Å². The Hall–Kier alpha value is -0.730. The number of halogens is 2. The van der Waals surface area contributed by atoms with Gasteiger partial charge in [-0.2, -0.15) is 0 Å². The number of carbonyl (C=O) groups excluding carboxylic acids is 1. The van der Waals surface area contributed by atoms with E-state index in [1.165, 1.54) is 11.3 Å². The van der Waals surface area contributed by atoms with Gasteiger partial charge in [-0.1, -0.05) is 0 Å². The summed E-state index contributed by atoms with van der Waals surface area (Å²) in [6.45, 7) is 1.44. The molecule has 1 aliphatic rings. The van der Waals surface area contributed by atoms with Crippen LogP contribution in [0.2, 0.25) is 0 Å². The monoisotopic (exact) mass is 418 g/mol. The zero-order valence-electron chi connectivity index (χ0n) is 10.8. The highest BCUT2D eigenvalue weighted by Gasteiger charge is 2.21. The molecule has 0 N–H and O–H groups in total. The van der Waals surface area contributed by atoms with Crippen molar-refractivity contribution in [2.45, 2.75) is 25.9 Å². The minimum atomic E-state index is -0.00301. The van der Waals surface area contributed by atoms with E-state index < -0.39 is 0 Å². The summed E-state index contributed by atoms with van der Waals surface area (Å²) in [5.41, 5.74) is 0. The molecule has 0 fully saturated rings. The topological polar surface area (TPSA) is 51.0 Å². The van der Waals surface area contributed by atoms with E-state index in [4.69, 9.17) is 0 Å². The van der Waals surface area contributed by atoms with Crippen LogP contribution in [-0.2, 0) is 19.5 Å². The molecule has 0 saturated carbocycles. The Morgan fingerprint density at radius 1 is 1.50 bits per heavy atom. The molecule has 5 nitrogen and oxygen atoms in total. The first-order valence-electron chi connectivity index (χ1n) is 6.17. The van der Waals surface area contributed by atoms with Gasteiger partial charge in [-0.05, 0) is 44.3 Å². The molecule has 2 aromatic heterocycles. The number of fused-ring (bicyclic) bond motifs is 1. The molecular formula is C12H12Br2N4OS. The molecule has 1 amide bonds. The molecule has 2 aromatic rings. The Balaban J connectivity index is 1.75. The SMILES string of the molecule is CN(Cc1nnc2n1CCC2)C(=O)c1cc(Br)c(Br)s1. The molecule has 0 radical (unpaired) electrons. The molecule has 3 heterocycles. The van der Waals surface area contributed by atoms with Gasteiger partial charge >= 0.3 is 0 Å². The van der Waals surface area contributed by atoms with E-state index in [0.717, 1.165) is 39.3 Å². The second-order valence-electron chi connectivity index (χ2n) is 4.68. The van der Waals surface area contributed by atoms with Crippen LogP contribution in [0.25, 0.3) is 0 Å². The van der Waals surface area contributed by atoms with Crippen molar-refractivity contribution in [2.24, 2.45) is 0 Å². The lowest BCUT2D eigenvalue weighted by atomic mass is 10.4. The van der Waals surface area contributed by atoms with Crippen molar-refractivity contribution in [3.63, 3.8) is 0 Å². The molecule has 0 unspecified atom stereocenters. The van der Waals surface area contributed by atoms with Crippen LogP contribution in [0.15, 0.2) is 14.3 Å². The highest BCUT2D eigenvalue weighted by atomic mass is 79.9. The number of carbonyl (C=O) groups is 1. The number of nitrogens with zero attached hydrogens (tertiary/aromatic N) is 4. The van der Waals surface area contributed by atoms with Crippen molar-refractivity contribution in [1.82, 2.24) is 19.7 Å². The van der Waals surface area contributed by atoms with E-state index in [-0.39, 0.29) is 5.91 Å². The fourth-order valence-electron chi connectivity index (χ4n) is 2.25. The Bertz CT molecular complexity index is 647. The Kier molecular flexibility index (Phi) is 3.96. The minimum absolute atomic E-state index is 0.00301. The van der Waals surface area contributed by atoms with Gasteiger partial charge in [0.1, 0.15) is 5.82 Å². The van der Waals surface area contributed by atoms with E-state index in [9.17, 15) is 4.79 Å². The van der Waals surface area contributed by atoms with Gasteiger partial charge in [0, 0.05) is 24.5 Å². The standard InChI is InChI=1S/C12H12Br2N4OS/c1-17(12(19)8-5-7(13)11(14)20-8)6-10-16-15-9-3-2-4-18(9)10/h5H,2-4,6H2,1H3. The van der Waals surface area contributed by atoms with Gasteiger partial charge in [-0.3, -0.25) is 4.79 Å². The van der Waals surface area contributed by atoms with E-state index in [1.807, 2.05) is 6.07 Å². The maximum Gasteiger partial charge on any atom is 0.264 e. The smallest absolute Gasteiger partial charge is 0.264 e. The third-order valence-electron chi connectivity index (χ3n) is 3.27. The lowest BCUT2D eigenvalue weighted by molar-refractivity contribution is 0.0785. The number of thiophene rings is 1. The van der Waals surface area contributed by atoms with Crippen molar-refractivity contribution in [3.05, 3.63) is 30.9 Å². The van der Waals surface area contributed by atoms with E-state index in [1.54, 1.807) is 11.9 Å². The first-order valence-corrected chi connectivity index (χ1v) is 8.57. The zero-order chi connectivity index (χ0) is 14.3. The zero-order valence-corrected chi connectivity index (χ0v) is 14.8. The quantitative estimate of drug-likeness (QED) is 0.767. The summed E-state index contributed by atoms with van der Waals surface area (Å²) in [7, 11) is 1.79. The maximum atomic E-state index is 12.4. The Morgan fingerprint density at radius 2 is 2.30 bits per heavy atom. The van der Waals surface area contributed by atoms with Crippen molar-refractivity contribution in [2.75, 3.05) is 7.05 Å². The average Bonchev–Trinajstić information content (AvgIpc) is 3.08. The summed E-state index contributed by atoms with van der Waals surface area (Å²) < 4.78 is 3.95. The Morgan fingerprint density at radius 3 is 3.00 bits per heavy atom. The largest absolute Gasteiger partial charge is 0.333 e. The minimum Gasteiger partial charge on any atom is -0.333 e. The van der Waals surface area contributed by atoms with Crippen LogP contribution < -0.4 is 0 Å². The van der Waals surface area contributed by atoms with E-state index in [2.05, 4.69) is 46.6 Å². The van der Waals surface area contributed by atoms with Crippen LogP contribution in [0.5, 0.6) is 0 Å². The van der Waals surface area contributed by atoms with E-state index in [0.29, 0.717) is 11.4 Å². The third-order valence-corrected chi connectivity index (χ3v) is 6.51. The fraction of sp³-hybridized carbons (Fsp3) is 0.417. The first kappa shape index (κ1) is 14.2. The molecule has 0 aliphatic carbocycles. The summed E-state index contributed by atoms with van der Waals surface area (Å²) >= 11 is 8.23. The van der Waals surface area contributed by atoms with Crippen molar-refractivity contribution in [3.8, 4) is 0 Å². The molecule has 0 bridgehead atoms. The first-order chi connectivity index (χ1) is 9.56. The summed E-state index contributed by atoms with van der Waals surface area (Å²) in [6, 6.07) is 1.84. The number of aryl methyl sites for hydroxylation is 1. The molecule has 0 atom stereocenters. The van der Waals surface area contributed by atoms with Crippen LogP contribution in [0.1, 0.15) is 27.7 Å². The second-order valence-corrected chi connectivity index (χ2v) is 7.91. The molecule has 106 valence electrons. The van der Waals surface area contributed by atoms with Crippen LogP contribution in [0, 0.1) is 0 Å². The van der Waals surface area contributed by atoms with Crippen LogP contribution >= 0.6 is 43.2 Å². The van der Waals surface area contributed by atoms with Gasteiger partial charge in [0.15, 0.2) is 5.82 Å². The predicted molar refractivity (Wildman–Crippen MR) is 83.9 cm³/mol. The van der Waals surface area contributed by atoms with Gasteiger partial charge < -0.3 is 9.47 Å². The van der Waals surface area contributed by atoms with Gasteiger partial charge in [0.2, 0.25) is 0 Å². The van der Waals surface area contributed by atoms with Crippen molar-refractivity contribution in [1.29, 1.82) is 0 Å². The van der Waals surface area contributed by atoms with Crippen molar-refractivity contribution < 1.29 is 4.79 Å². The molecule has 20 heavy (non-hydrogen) atoms. The van der Waals surface area contributed by atoms with Crippen LogP contribution in [0.3, 0.4) is 0 Å². The highest BCUT2D eigenvalue weighted by molar-refractivity contribution is 9.13. The number of amides is 1. The summed E-state index contributed by atoms with van der Waals surface area (Å²) in [4.78, 5) is 14.8. The second kappa shape index (κ2) is 5.57. The fourth-order valence-corrected chi connectivity index (χ4v) is 4.28. The molecule has 0 spiro atoms. The third kappa shape index (κ3) is 2.56. The number of hydrogen-bond donors (Lipinski definition) is 0. The maximum absolute atomic E-state index is 12.4. The van der Waals surface area contributed by atoms with Crippen LogP contribution in [-0.4, -0.2) is 32.6 Å². The van der Waals surface area contributed by atoms with Gasteiger partial charge in [-0.15, -0.1) is 21.5 Å². The Labute approximate surface area is 137 Å². The number of hydrogen-bond acceptors (Lipinski definition) is 4. The number of aromatic nitrogens is 3. The lowest BCUT2D eigenvalue weighted by Gasteiger charge is -2.15. The normalized spacial score (nSPS) is 13.6. The molecule has 0 saturated heterocycles. The average molecular weight is 420 g/mol. The van der Waals surface area contributed by atoms with Crippen LogP contribution in [0.4, 0.5) is 0 Å². The highest BCUT2D eigenvalue weighted by Crippen LogP contribution is 2.33. The molecule has 3 rings (SSSR count). The predicted octanol–water partition coefficient (Wildman–Crippen LogP) is 3.08. The van der Waals surface area contributed by atoms with Gasteiger partial charge in [0.25, 0.3) is 5.91 Å². The molecule has 8 heteroatoms. The molecule has 0 aromatic carbocycles. The summed E-state index contributed by atoms with van der Waals surface area (Å²) in [6.07, 6.45) is 2.09. The molecule has 1 aliphatic heterocycles. The number of rotatable bonds is 3. The lowest BCUT2D eigenvalue weighted by Crippen LogP contribution is -2.27. The van der Waals surface area contributed by atoms with E-state index >= 15 is 0 Å². The van der Waals surface area contributed by atoms with Gasteiger partial charge in [0.05, 0.1) is 15.2 Å².